The van der Waals surface area contributed by atoms with Crippen molar-refractivity contribution in [2.24, 2.45) is 0 Å². The molecule has 2 aromatic carbocycles. The Morgan fingerprint density at radius 2 is 1.49 bits per heavy atom. The first-order chi connectivity index (χ1) is 19.6. The number of alkyl halides is 9. The Bertz CT molecular complexity index is 1670. The van der Waals surface area contributed by atoms with Gasteiger partial charge in [-0.1, -0.05) is 23.2 Å². The number of anilines is 1. The number of esters is 1. The second-order valence-corrected chi connectivity index (χ2v) is 11.1. The highest BCUT2D eigenvalue weighted by molar-refractivity contribution is 7.92. The first-order valence-electron chi connectivity index (χ1n) is 11.1. The Balaban J connectivity index is 2.07. The molecule has 0 fully saturated rings. The van der Waals surface area contributed by atoms with E-state index in [0.29, 0.717) is 33.8 Å². The third kappa shape index (κ3) is 6.94. The van der Waals surface area contributed by atoms with Crippen LogP contribution < -0.4 is 4.90 Å². The van der Waals surface area contributed by atoms with Crippen molar-refractivity contribution in [2.75, 3.05) is 25.1 Å². The molecule has 43 heavy (non-hydrogen) atoms. The molecule has 0 bridgehead atoms. The highest BCUT2D eigenvalue weighted by Crippen LogP contribution is 2.43. The molecule has 1 aromatic heterocycles. The predicted octanol–water partition coefficient (Wildman–Crippen LogP) is 6.68. The van der Waals surface area contributed by atoms with Gasteiger partial charge in [0.25, 0.3) is 9.84 Å². The molecule has 232 valence electrons. The monoisotopic (exact) mass is 682 g/mol. The maximum atomic E-state index is 13.6. The summed E-state index contributed by atoms with van der Waals surface area (Å²) in [4.78, 5) is 11.3. The van der Waals surface area contributed by atoms with Crippen LogP contribution in [0.1, 0.15) is 27.2 Å². The Kier molecular flexibility index (Phi) is 9.25. The summed E-state index contributed by atoms with van der Waals surface area (Å²) in [6, 6.07) is 4.63. The third-order valence-electron chi connectivity index (χ3n) is 5.52. The summed E-state index contributed by atoms with van der Waals surface area (Å²) < 4.78 is 149. The molecule has 0 aliphatic heterocycles. The van der Waals surface area contributed by atoms with E-state index in [1.54, 1.807) is 0 Å². The Morgan fingerprint density at radius 1 is 0.977 bits per heavy atom. The highest BCUT2D eigenvalue weighted by Gasteiger charge is 2.51. The average Bonchev–Trinajstić information content (AvgIpc) is 3.26. The van der Waals surface area contributed by atoms with Crippen LogP contribution in [-0.2, 0) is 26.9 Å². The van der Waals surface area contributed by atoms with Gasteiger partial charge in [0, 0.05) is 7.05 Å². The van der Waals surface area contributed by atoms with Crippen LogP contribution in [0.3, 0.4) is 0 Å². The SMILES string of the molecule is CN(CCOC(=O)c1ccc(C(F)(F)F)cc1)c1c(S(=O)(=O)C(F)(F)F)c(C#N)nn1-c1c(Cl)cc(C(F)(F)F)cc1Cl. The van der Waals surface area contributed by atoms with Crippen molar-refractivity contribution in [3.05, 3.63) is 68.8 Å². The lowest BCUT2D eigenvalue weighted by Gasteiger charge is -2.23. The van der Waals surface area contributed by atoms with E-state index in [2.05, 4.69) is 5.10 Å². The molecule has 8 nitrogen and oxygen atoms in total. The van der Waals surface area contributed by atoms with E-state index in [-0.39, 0.29) is 5.56 Å². The normalized spacial score (nSPS) is 12.6. The fraction of sp³-hybridized carbons (Fsp3) is 0.261. The van der Waals surface area contributed by atoms with Crippen LogP contribution in [-0.4, -0.2) is 49.9 Å². The summed E-state index contributed by atoms with van der Waals surface area (Å²) in [6.45, 7) is -1.36. The van der Waals surface area contributed by atoms with E-state index < -0.39 is 90.1 Å². The molecule has 1 heterocycles. The minimum atomic E-state index is -6.35. The van der Waals surface area contributed by atoms with Crippen LogP contribution in [0, 0.1) is 11.3 Å². The number of likely N-dealkylation sites (N-methyl/N-ethyl adjacent to an activating group) is 1. The first kappa shape index (κ1) is 33.8. The Labute approximate surface area is 245 Å². The van der Waals surface area contributed by atoms with Crippen molar-refractivity contribution >= 4 is 44.8 Å². The van der Waals surface area contributed by atoms with Crippen molar-refractivity contribution in [2.45, 2.75) is 22.8 Å². The summed E-state index contributed by atoms with van der Waals surface area (Å²) in [6.07, 6.45) is -9.65. The lowest BCUT2D eigenvalue weighted by molar-refractivity contribution is -0.138. The predicted molar refractivity (Wildman–Crippen MR) is 132 cm³/mol. The van der Waals surface area contributed by atoms with Crippen molar-refractivity contribution in [1.29, 1.82) is 5.26 Å². The third-order valence-corrected chi connectivity index (χ3v) is 7.62. The van der Waals surface area contributed by atoms with Crippen LogP contribution >= 0.6 is 23.2 Å². The van der Waals surface area contributed by atoms with E-state index in [1.807, 2.05) is 0 Å². The van der Waals surface area contributed by atoms with Crippen LogP contribution in [0.2, 0.25) is 10.0 Å². The number of carbonyl (C=O) groups excluding carboxylic acids is 1. The molecule has 3 aromatic rings. The number of nitrogens with zero attached hydrogens (tertiary/aromatic N) is 4. The van der Waals surface area contributed by atoms with Gasteiger partial charge in [-0.15, -0.1) is 0 Å². The molecule has 0 saturated carbocycles. The number of halogens is 11. The van der Waals surface area contributed by atoms with Gasteiger partial charge in [-0.3, -0.25) is 0 Å². The molecule has 0 radical (unpaired) electrons. The number of nitriles is 1. The second kappa shape index (κ2) is 11.8. The molecule has 0 unspecified atom stereocenters. The lowest BCUT2D eigenvalue weighted by Crippen LogP contribution is -2.30. The van der Waals surface area contributed by atoms with Gasteiger partial charge in [0.15, 0.2) is 16.4 Å². The van der Waals surface area contributed by atoms with Gasteiger partial charge in [-0.05, 0) is 36.4 Å². The molecular formula is C23H13Cl2F9N4O4S. The van der Waals surface area contributed by atoms with Crippen molar-refractivity contribution in [1.82, 2.24) is 9.78 Å². The Hall–Kier alpha value is -3.69. The number of sulfone groups is 1. The van der Waals surface area contributed by atoms with Gasteiger partial charge >= 0.3 is 23.8 Å². The molecular weight excluding hydrogens is 670 g/mol. The fourth-order valence-electron chi connectivity index (χ4n) is 3.51. The summed E-state index contributed by atoms with van der Waals surface area (Å²) in [5, 5.41) is 11.3. The van der Waals surface area contributed by atoms with Gasteiger partial charge in [0.2, 0.25) is 0 Å². The molecule has 0 amide bonds. The maximum Gasteiger partial charge on any atom is 0.502 e. The van der Waals surface area contributed by atoms with Crippen molar-refractivity contribution < 1.29 is 57.5 Å². The van der Waals surface area contributed by atoms with E-state index >= 15 is 0 Å². The minimum absolute atomic E-state index is 0.319. The topological polar surface area (TPSA) is 105 Å². The van der Waals surface area contributed by atoms with Crippen LogP contribution in [0.4, 0.5) is 45.3 Å². The number of carbonyl (C=O) groups is 1. The zero-order valence-electron chi connectivity index (χ0n) is 20.9. The number of hydrogen-bond acceptors (Lipinski definition) is 7. The molecule has 20 heteroatoms. The maximum absolute atomic E-state index is 13.6. The standard InChI is InChI=1S/C23H13Cl2F9N4O4S/c1-37(6-7-42-20(39)11-2-4-12(5-3-11)21(26,27)28)19-18(43(40,41)23(32,33)34)16(10-35)36-38(19)17-14(24)8-13(9-15(17)25)22(29,30)31/h2-5,8-9H,6-7H2,1H3. The first-order valence-corrected chi connectivity index (χ1v) is 13.3. The van der Waals surface area contributed by atoms with Crippen molar-refractivity contribution in [3.8, 4) is 11.8 Å². The second-order valence-electron chi connectivity index (χ2n) is 8.39. The highest BCUT2D eigenvalue weighted by atomic mass is 35.5. The van der Waals surface area contributed by atoms with E-state index in [1.165, 1.54) is 6.07 Å². The largest absolute Gasteiger partial charge is 0.502 e. The molecule has 3 rings (SSSR count). The smallest absolute Gasteiger partial charge is 0.460 e. The van der Waals surface area contributed by atoms with Gasteiger partial charge in [-0.25, -0.2) is 17.9 Å². The molecule has 0 aliphatic rings. The summed E-state index contributed by atoms with van der Waals surface area (Å²) in [7, 11) is -5.39. The Morgan fingerprint density at radius 3 is 1.93 bits per heavy atom. The summed E-state index contributed by atoms with van der Waals surface area (Å²) in [5.74, 6) is -2.20. The van der Waals surface area contributed by atoms with Gasteiger partial charge in [0.05, 0.1) is 33.3 Å². The fourth-order valence-corrected chi connectivity index (χ4v) is 5.22. The number of hydrogen-bond donors (Lipinski definition) is 0. The number of rotatable bonds is 7. The van der Waals surface area contributed by atoms with Crippen LogP contribution in [0.15, 0.2) is 41.3 Å². The molecule has 0 saturated heterocycles. The molecule has 0 spiro atoms. The van der Waals surface area contributed by atoms with Gasteiger partial charge in [0.1, 0.15) is 18.4 Å². The number of ether oxygens (including phenoxy) is 1. The minimum Gasteiger partial charge on any atom is -0.460 e. The van der Waals surface area contributed by atoms with E-state index in [0.717, 1.165) is 19.2 Å². The van der Waals surface area contributed by atoms with E-state index in [4.69, 9.17) is 27.9 Å². The summed E-state index contributed by atoms with van der Waals surface area (Å²) in [5.41, 5.74) is -10.8. The molecule has 0 N–H and O–H groups in total. The number of benzene rings is 2. The average molecular weight is 683 g/mol. The molecule has 0 atom stereocenters. The zero-order chi connectivity index (χ0) is 32.7. The molecule has 0 aliphatic carbocycles. The van der Waals surface area contributed by atoms with Gasteiger partial charge < -0.3 is 9.64 Å². The summed E-state index contributed by atoms with van der Waals surface area (Å²) >= 11 is 11.9. The number of aromatic nitrogens is 2. The van der Waals surface area contributed by atoms with Crippen LogP contribution in [0.25, 0.3) is 5.69 Å². The van der Waals surface area contributed by atoms with Crippen molar-refractivity contribution in [3.63, 3.8) is 0 Å². The van der Waals surface area contributed by atoms with E-state index in [9.17, 15) is 58.0 Å². The van der Waals surface area contributed by atoms with Gasteiger partial charge in [-0.2, -0.15) is 49.9 Å². The van der Waals surface area contributed by atoms with Crippen LogP contribution in [0.5, 0.6) is 0 Å². The lowest BCUT2D eigenvalue weighted by atomic mass is 10.1. The quantitative estimate of drug-likeness (QED) is 0.202. The zero-order valence-corrected chi connectivity index (χ0v) is 23.2.